The molecule has 0 heterocycles. The molecule has 4 N–H and O–H groups in total. The number of ether oxygens (including phenoxy) is 1. The summed E-state index contributed by atoms with van der Waals surface area (Å²) in [5, 5.41) is 17.8. The van der Waals surface area contributed by atoms with E-state index in [4.69, 9.17) is 4.74 Å². The van der Waals surface area contributed by atoms with Crippen LogP contribution in [0.2, 0.25) is 0 Å². The summed E-state index contributed by atoms with van der Waals surface area (Å²) in [6.07, 6.45) is 2.71. The molecule has 0 aliphatic rings. The molecule has 1 aromatic rings. The molecule has 1 rings (SSSR count). The van der Waals surface area contributed by atoms with Crippen LogP contribution in [-0.4, -0.2) is 82.6 Å². The van der Waals surface area contributed by atoms with Crippen molar-refractivity contribution >= 4 is 53.0 Å². The molecular weight excluding hydrogens is 718 g/mol. The van der Waals surface area contributed by atoms with Gasteiger partial charge in [0.15, 0.2) is 5.78 Å². The molecule has 0 spiro atoms. The van der Waals surface area contributed by atoms with Crippen molar-refractivity contribution in [3.8, 4) is 0 Å². The second-order valence-electron chi connectivity index (χ2n) is 15.5. The van der Waals surface area contributed by atoms with Crippen LogP contribution >= 0.6 is 11.8 Å². The minimum Gasteiger partial charge on any atom is -0.480 e. The van der Waals surface area contributed by atoms with Crippen molar-refractivity contribution in [1.82, 2.24) is 16.0 Å². The number of unbranched alkanes of at least 4 members (excludes halogenated alkanes) is 1. The molecule has 54 heavy (non-hydrogen) atoms. The predicted octanol–water partition coefficient (Wildman–Crippen LogP) is 6.07. The van der Waals surface area contributed by atoms with E-state index in [1.54, 1.807) is 20.8 Å². The molecule has 304 valence electrons. The third-order valence-electron chi connectivity index (χ3n) is 8.77. The Bertz CT molecular complexity index is 1400. The third kappa shape index (κ3) is 20.6. The van der Waals surface area contributed by atoms with Crippen LogP contribution in [0.15, 0.2) is 24.3 Å². The summed E-state index contributed by atoms with van der Waals surface area (Å²) in [4.78, 5) is 90.4. The summed E-state index contributed by atoms with van der Waals surface area (Å²) in [6.45, 7) is 12.6. The number of amides is 3. The van der Waals surface area contributed by atoms with Crippen molar-refractivity contribution in [2.45, 2.75) is 130 Å². The number of carbonyl (C=O) groups is 7. The maximum absolute atomic E-state index is 13.9. The average molecular weight is 780 g/mol. The van der Waals surface area contributed by atoms with Crippen LogP contribution in [0.4, 0.5) is 9.18 Å². The molecule has 0 aliphatic carbocycles. The lowest BCUT2D eigenvalue weighted by Crippen LogP contribution is -2.47. The highest BCUT2D eigenvalue weighted by atomic mass is 32.2. The van der Waals surface area contributed by atoms with Crippen LogP contribution in [-0.2, 0) is 39.9 Å². The van der Waals surface area contributed by atoms with E-state index in [0.29, 0.717) is 30.6 Å². The first-order valence-electron chi connectivity index (χ1n) is 18.8. The van der Waals surface area contributed by atoms with Gasteiger partial charge < -0.3 is 30.6 Å². The van der Waals surface area contributed by atoms with Crippen LogP contribution in [0, 0.1) is 29.5 Å². The lowest BCUT2D eigenvalue weighted by Gasteiger charge is -2.25. The Morgan fingerprint density at radius 2 is 1.43 bits per heavy atom. The summed E-state index contributed by atoms with van der Waals surface area (Å²) in [7, 11) is 0. The largest absolute Gasteiger partial charge is 0.480 e. The molecule has 0 saturated carbocycles. The fraction of sp³-hybridized carbons (Fsp3) is 0.675. The first-order valence-corrected chi connectivity index (χ1v) is 20.2. The number of carboxylic acids is 1. The lowest BCUT2D eigenvalue weighted by molar-refractivity contribution is -0.143. The molecule has 0 unspecified atom stereocenters. The zero-order valence-corrected chi connectivity index (χ0v) is 34.1. The first kappa shape index (κ1) is 48.2. The average Bonchev–Trinajstić information content (AvgIpc) is 3.06. The molecule has 0 fully saturated rings. The number of aliphatic carboxylic acids is 1. The topological polar surface area (TPSA) is 185 Å². The SMILES string of the molecule is CSCC[C@H](CC(=O)[C@H](CCC(C)=O)NC(=O)[C@@H](CC(=O)[C@@H](C)CC(C)C)Cc1ccc(F)cc1)C(=O)N[C@@H](CCCCNC(=O)OC(C)(C)C)C(=O)O. The van der Waals surface area contributed by atoms with Crippen molar-refractivity contribution < 1.29 is 47.8 Å². The summed E-state index contributed by atoms with van der Waals surface area (Å²) >= 11 is 1.45. The number of hydrogen-bond acceptors (Lipinski definition) is 9. The van der Waals surface area contributed by atoms with Gasteiger partial charge in [0, 0.05) is 43.6 Å². The van der Waals surface area contributed by atoms with Crippen molar-refractivity contribution in [2.75, 3.05) is 18.6 Å². The Labute approximate surface area is 324 Å². The molecule has 0 bridgehead atoms. The zero-order valence-electron chi connectivity index (χ0n) is 33.3. The number of alkyl carbamates (subject to hydrolysis) is 1. The highest BCUT2D eigenvalue weighted by Gasteiger charge is 2.32. The van der Waals surface area contributed by atoms with Crippen LogP contribution < -0.4 is 16.0 Å². The van der Waals surface area contributed by atoms with Crippen molar-refractivity contribution in [3.63, 3.8) is 0 Å². The fourth-order valence-corrected chi connectivity index (χ4v) is 6.41. The Balaban J connectivity index is 3.14. The smallest absolute Gasteiger partial charge is 0.407 e. The van der Waals surface area contributed by atoms with Gasteiger partial charge in [0.05, 0.1) is 6.04 Å². The van der Waals surface area contributed by atoms with E-state index in [1.165, 1.54) is 43.0 Å². The van der Waals surface area contributed by atoms with Gasteiger partial charge in [0.2, 0.25) is 11.8 Å². The number of nitrogens with one attached hydrogen (secondary N) is 3. The number of ketones is 3. The lowest BCUT2D eigenvalue weighted by atomic mass is 9.86. The van der Waals surface area contributed by atoms with Gasteiger partial charge in [0.25, 0.3) is 0 Å². The number of halogens is 1. The Kier molecular flexibility index (Phi) is 21.9. The van der Waals surface area contributed by atoms with E-state index in [9.17, 15) is 43.1 Å². The van der Waals surface area contributed by atoms with Gasteiger partial charge in [-0.25, -0.2) is 14.0 Å². The fourth-order valence-electron chi connectivity index (χ4n) is 5.89. The Morgan fingerprint density at radius 1 is 0.833 bits per heavy atom. The van der Waals surface area contributed by atoms with Gasteiger partial charge in [-0.2, -0.15) is 11.8 Å². The molecule has 0 aliphatic heterocycles. The zero-order chi connectivity index (χ0) is 41.0. The summed E-state index contributed by atoms with van der Waals surface area (Å²) in [5.41, 5.74) is -0.0240. The monoisotopic (exact) mass is 779 g/mol. The van der Waals surface area contributed by atoms with E-state index in [0.717, 1.165) is 0 Å². The standard InChI is InChI=1S/C40H62FN3O9S/c1-25(2)21-26(3)34(46)24-30(22-28-13-15-31(41)16-14-28)37(49)43-32(17-12-27(4)45)35(47)23-29(18-20-54-8)36(48)44-33(38(50)51)11-9-10-19-42-39(52)53-40(5,6)7/h13-16,25-26,29-30,32-33H,9-12,17-24H2,1-8H3,(H,42,52)(H,43,49)(H,44,48)(H,50,51)/t26-,29+,30+,32-,33-/m0/s1. The van der Waals surface area contributed by atoms with Crippen LogP contribution in [0.25, 0.3) is 0 Å². The first-order chi connectivity index (χ1) is 25.2. The van der Waals surface area contributed by atoms with Crippen LogP contribution in [0.3, 0.4) is 0 Å². The van der Waals surface area contributed by atoms with E-state index < -0.39 is 65.0 Å². The number of rotatable bonds is 26. The van der Waals surface area contributed by atoms with Gasteiger partial charge in [-0.1, -0.05) is 32.9 Å². The minimum atomic E-state index is -1.24. The summed E-state index contributed by atoms with van der Waals surface area (Å²) in [5.74, 6) is -5.01. The molecule has 0 radical (unpaired) electrons. The van der Waals surface area contributed by atoms with Crippen LogP contribution in [0.5, 0.6) is 0 Å². The van der Waals surface area contributed by atoms with Gasteiger partial charge >= 0.3 is 12.1 Å². The number of carboxylic acid groups (broad SMARTS) is 1. The summed E-state index contributed by atoms with van der Waals surface area (Å²) < 4.78 is 18.8. The minimum absolute atomic E-state index is 0.0186. The number of hydrogen-bond donors (Lipinski definition) is 4. The third-order valence-corrected chi connectivity index (χ3v) is 9.41. The van der Waals surface area contributed by atoms with Gasteiger partial charge in [-0.3, -0.25) is 19.2 Å². The quantitative estimate of drug-likeness (QED) is 0.0805. The predicted molar refractivity (Wildman–Crippen MR) is 207 cm³/mol. The number of Topliss-reactive ketones (excluding diaryl/α,β-unsaturated/α-hetero) is 3. The van der Waals surface area contributed by atoms with E-state index >= 15 is 0 Å². The highest BCUT2D eigenvalue weighted by molar-refractivity contribution is 7.98. The molecular formula is C40H62FN3O9S. The molecule has 1 aromatic carbocycles. The van der Waals surface area contributed by atoms with Crippen molar-refractivity contribution in [2.24, 2.45) is 23.7 Å². The maximum Gasteiger partial charge on any atom is 0.407 e. The molecule has 3 amide bonds. The van der Waals surface area contributed by atoms with Crippen LogP contribution in [0.1, 0.15) is 112 Å². The van der Waals surface area contributed by atoms with Crippen molar-refractivity contribution in [3.05, 3.63) is 35.6 Å². The molecule has 5 atom stereocenters. The Morgan fingerprint density at radius 3 is 1.98 bits per heavy atom. The number of benzene rings is 1. The van der Waals surface area contributed by atoms with Gasteiger partial charge in [-0.05, 0) is 108 Å². The van der Waals surface area contributed by atoms with Crippen molar-refractivity contribution in [1.29, 1.82) is 0 Å². The number of carbonyl (C=O) groups excluding carboxylic acids is 6. The molecule has 14 heteroatoms. The van der Waals surface area contributed by atoms with E-state index in [2.05, 4.69) is 16.0 Å². The van der Waals surface area contributed by atoms with E-state index in [-0.39, 0.29) is 74.9 Å². The Hall–Kier alpha value is -3.81. The van der Waals surface area contributed by atoms with Gasteiger partial charge in [0.1, 0.15) is 29.0 Å². The normalized spacial score (nSPS) is 14.3. The second-order valence-corrected chi connectivity index (χ2v) is 16.5. The highest BCUT2D eigenvalue weighted by Crippen LogP contribution is 2.22. The van der Waals surface area contributed by atoms with E-state index in [1.807, 2.05) is 27.0 Å². The molecule has 12 nitrogen and oxygen atoms in total. The molecule has 0 aromatic heterocycles. The molecule has 0 saturated heterocycles. The second kappa shape index (κ2) is 24.6. The maximum atomic E-state index is 13.9. The van der Waals surface area contributed by atoms with Gasteiger partial charge in [-0.15, -0.1) is 0 Å². The number of thioether (sulfide) groups is 1. The summed E-state index contributed by atoms with van der Waals surface area (Å²) in [6, 6.07) is 3.24.